The maximum Gasteiger partial charge on any atom is 0.131 e. The summed E-state index contributed by atoms with van der Waals surface area (Å²) in [7, 11) is 0.0354. The van der Waals surface area contributed by atoms with E-state index in [-0.39, 0.29) is 9.13 Å². The van der Waals surface area contributed by atoms with Crippen LogP contribution in [0.4, 0.5) is 0 Å². The lowest BCUT2D eigenvalue weighted by Gasteiger charge is -2.25. The van der Waals surface area contributed by atoms with Gasteiger partial charge in [-0.25, -0.2) is 0 Å². The molecule has 0 saturated heterocycles. The van der Waals surface area contributed by atoms with E-state index >= 15 is 0 Å². The summed E-state index contributed by atoms with van der Waals surface area (Å²) >= 11 is 0. The van der Waals surface area contributed by atoms with Crippen molar-refractivity contribution in [1.29, 1.82) is 0 Å². The Morgan fingerprint density at radius 2 is 1.88 bits per heavy atom. The third kappa shape index (κ3) is 1.24. The normalized spacial score (nSPS) is 18.2. The first-order valence-electron chi connectivity index (χ1n) is 5.48. The van der Waals surface area contributed by atoms with Crippen LogP contribution in [0.1, 0.15) is 5.56 Å². The zero-order chi connectivity index (χ0) is 11.9. The Labute approximate surface area is 104 Å². The molecular weight excluding hydrogens is 220 g/mol. The number of rotatable bonds is 0. The zero-order valence-corrected chi connectivity index (χ0v) is 10.4. The molecular formula is C16H10Si. The number of allylic oxidation sites excluding steroid dienone is 4. The highest BCUT2D eigenvalue weighted by Crippen LogP contribution is 2.33. The second-order valence-corrected chi connectivity index (χ2v) is 5.67. The van der Waals surface area contributed by atoms with Gasteiger partial charge in [0.25, 0.3) is 0 Å². The van der Waals surface area contributed by atoms with Crippen molar-refractivity contribution in [1.82, 2.24) is 0 Å². The van der Waals surface area contributed by atoms with Crippen molar-refractivity contribution in [3.8, 4) is 24.7 Å². The predicted octanol–water partition coefficient (Wildman–Crippen LogP) is 1.14. The third-order valence-electron chi connectivity index (χ3n) is 3.33. The minimum atomic E-state index is -0.599. The Morgan fingerprint density at radius 1 is 1.12 bits per heavy atom. The molecule has 78 valence electrons. The first-order valence-corrected chi connectivity index (χ1v) is 6.63. The van der Waals surface area contributed by atoms with Crippen LogP contribution in [0.25, 0.3) is 5.57 Å². The summed E-state index contributed by atoms with van der Waals surface area (Å²) in [6.45, 7) is 0. The maximum atomic E-state index is 5.66. The summed E-state index contributed by atoms with van der Waals surface area (Å²) in [5.41, 5.74) is 1.95. The first kappa shape index (κ1) is 10.1. The lowest BCUT2D eigenvalue weighted by Crippen LogP contribution is -2.29. The Balaban J connectivity index is 2.28. The molecule has 0 spiro atoms. The summed E-state index contributed by atoms with van der Waals surface area (Å²) in [5.74, 6) is 5.59. The number of fused-ring (bicyclic) bond motifs is 3. The van der Waals surface area contributed by atoms with Crippen molar-refractivity contribution in [2.24, 2.45) is 5.41 Å². The Morgan fingerprint density at radius 3 is 2.65 bits per heavy atom. The molecule has 0 fully saturated rings. The summed E-state index contributed by atoms with van der Waals surface area (Å²) < 4.78 is 0. The van der Waals surface area contributed by atoms with Crippen LogP contribution in [0.5, 0.6) is 0 Å². The molecule has 1 aliphatic carbocycles. The van der Waals surface area contributed by atoms with Crippen LogP contribution in [0.15, 0.2) is 42.5 Å². The van der Waals surface area contributed by atoms with Gasteiger partial charge in [0.1, 0.15) is 5.41 Å². The summed E-state index contributed by atoms with van der Waals surface area (Å²) in [4.78, 5) is 0. The Bertz CT molecular complexity index is 658. The molecule has 1 heteroatoms. The van der Waals surface area contributed by atoms with Gasteiger partial charge in [-0.3, -0.25) is 0 Å². The molecule has 0 atom stereocenters. The van der Waals surface area contributed by atoms with Gasteiger partial charge in [0.2, 0.25) is 0 Å². The van der Waals surface area contributed by atoms with E-state index in [1.54, 1.807) is 0 Å². The summed E-state index contributed by atoms with van der Waals surface area (Å²) in [6, 6.07) is 8.46. The quantitative estimate of drug-likeness (QED) is 0.463. The average Bonchev–Trinajstić information content (AvgIpc) is 2.77. The van der Waals surface area contributed by atoms with Gasteiger partial charge in [0.05, 0.1) is 0 Å². The third-order valence-corrected chi connectivity index (χ3v) is 5.20. The molecule has 1 aromatic carbocycles. The molecule has 2 aliphatic rings. The second-order valence-electron chi connectivity index (χ2n) is 4.18. The van der Waals surface area contributed by atoms with Gasteiger partial charge in [0.15, 0.2) is 0 Å². The lowest BCUT2D eigenvalue weighted by atomic mass is 9.78. The van der Waals surface area contributed by atoms with Crippen molar-refractivity contribution in [3.63, 3.8) is 0 Å². The number of benzene rings is 1. The van der Waals surface area contributed by atoms with Crippen LogP contribution in [0, 0.1) is 30.1 Å². The zero-order valence-electron chi connectivity index (χ0n) is 9.27. The van der Waals surface area contributed by atoms with Gasteiger partial charge < -0.3 is 0 Å². The molecule has 0 aromatic heterocycles. The lowest BCUT2D eigenvalue weighted by molar-refractivity contribution is 0.988. The Kier molecular flexibility index (Phi) is 2.05. The van der Waals surface area contributed by atoms with Crippen molar-refractivity contribution in [2.75, 3.05) is 0 Å². The topological polar surface area (TPSA) is 0 Å². The molecule has 0 nitrogen and oxygen atoms in total. The summed E-state index contributed by atoms with van der Waals surface area (Å²) in [6.07, 6.45) is 17.4. The van der Waals surface area contributed by atoms with Crippen molar-refractivity contribution in [2.45, 2.75) is 0 Å². The fourth-order valence-electron chi connectivity index (χ4n) is 2.42. The molecule has 0 bridgehead atoms. The van der Waals surface area contributed by atoms with Gasteiger partial charge in [-0.15, -0.1) is 12.8 Å². The fraction of sp³-hybridized carbons (Fsp3) is 0.0625. The molecule has 0 amide bonds. The van der Waals surface area contributed by atoms with Crippen LogP contribution >= 0.6 is 0 Å². The van der Waals surface area contributed by atoms with Crippen LogP contribution in [0.2, 0.25) is 0 Å². The van der Waals surface area contributed by atoms with Crippen molar-refractivity contribution >= 4 is 25.1 Å². The van der Waals surface area contributed by atoms with Gasteiger partial charge in [0, 0.05) is 9.13 Å². The molecule has 1 heterocycles. The van der Waals surface area contributed by atoms with E-state index in [2.05, 4.69) is 42.2 Å². The highest BCUT2D eigenvalue weighted by Gasteiger charge is 2.35. The molecule has 3 rings (SSSR count). The molecule has 0 saturated carbocycles. The van der Waals surface area contributed by atoms with E-state index in [1.165, 1.54) is 21.5 Å². The van der Waals surface area contributed by atoms with Gasteiger partial charge in [-0.1, -0.05) is 54.3 Å². The number of terminal acetylenes is 2. The smallest absolute Gasteiger partial charge is 0.118 e. The minimum absolute atomic E-state index is 0.0354. The van der Waals surface area contributed by atoms with E-state index in [9.17, 15) is 0 Å². The first-order chi connectivity index (χ1) is 8.30. The van der Waals surface area contributed by atoms with E-state index < -0.39 is 5.41 Å². The van der Waals surface area contributed by atoms with Crippen LogP contribution in [0.3, 0.4) is 0 Å². The van der Waals surface area contributed by atoms with Crippen molar-refractivity contribution < 1.29 is 0 Å². The highest BCUT2D eigenvalue weighted by atomic mass is 28.2. The van der Waals surface area contributed by atoms with E-state index in [0.717, 1.165) is 0 Å². The molecule has 1 aliphatic heterocycles. The molecule has 1 aromatic rings. The van der Waals surface area contributed by atoms with Gasteiger partial charge in [-0.05, 0) is 21.5 Å². The summed E-state index contributed by atoms with van der Waals surface area (Å²) in [5, 5.41) is 2.65. The average molecular weight is 230 g/mol. The van der Waals surface area contributed by atoms with Gasteiger partial charge >= 0.3 is 0 Å². The number of hydrogen-bond donors (Lipinski definition) is 0. The maximum absolute atomic E-state index is 5.66. The van der Waals surface area contributed by atoms with Crippen molar-refractivity contribution in [3.05, 3.63) is 48.1 Å². The standard InChI is InChI=1S/C16H10Si/c1-3-16(4-2)11-7-9-13-12-8-5-6-10-14(12)17-15(13)16/h1-2,5-11,17H. The number of hydrogen-bond acceptors (Lipinski definition) is 0. The molecule has 0 unspecified atom stereocenters. The van der Waals surface area contributed by atoms with E-state index in [1.807, 2.05) is 12.2 Å². The van der Waals surface area contributed by atoms with Gasteiger partial charge in [-0.2, -0.15) is 0 Å². The second kappa shape index (κ2) is 3.45. The SMILES string of the molecule is C#CC1(C#C)C=CC=C2C1=[SiH]c1ccccc12. The van der Waals surface area contributed by atoms with E-state index in [0.29, 0.717) is 0 Å². The predicted molar refractivity (Wildman–Crippen MR) is 75.4 cm³/mol. The molecule has 0 N–H and O–H groups in total. The molecule has 0 radical (unpaired) electrons. The van der Waals surface area contributed by atoms with Crippen LogP contribution in [-0.2, 0) is 0 Å². The molecule has 17 heavy (non-hydrogen) atoms. The highest BCUT2D eigenvalue weighted by molar-refractivity contribution is 6.80. The monoisotopic (exact) mass is 230 g/mol. The van der Waals surface area contributed by atoms with Crippen LogP contribution < -0.4 is 5.19 Å². The fourth-order valence-corrected chi connectivity index (χ4v) is 4.25. The Hall–Kier alpha value is -2.09. The largest absolute Gasteiger partial charge is 0.131 e. The van der Waals surface area contributed by atoms with Crippen LogP contribution in [-0.4, -0.2) is 14.3 Å². The van der Waals surface area contributed by atoms with E-state index in [4.69, 9.17) is 12.8 Å². The minimum Gasteiger partial charge on any atom is -0.118 e.